The molecule has 1 saturated carbocycles. The molecule has 2 aromatic rings. The molecule has 218 valence electrons. The number of morpholine rings is 1. The number of nitrogen functional groups attached to an aromatic ring is 1. The number of pyridine rings is 1. The third kappa shape index (κ3) is 5.00. The van der Waals surface area contributed by atoms with Gasteiger partial charge in [0.15, 0.2) is 11.6 Å². The monoisotopic (exact) mass is 558 g/mol. The zero-order chi connectivity index (χ0) is 27.7. The highest BCUT2D eigenvalue weighted by atomic mass is 19.1. The van der Waals surface area contributed by atoms with Crippen molar-refractivity contribution >= 4 is 28.9 Å². The van der Waals surface area contributed by atoms with Gasteiger partial charge in [0, 0.05) is 32.7 Å². The third-order valence-electron chi connectivity index (χ3n) is 9.19. The Morgan fingerprint density at radius 3 is 2.62 bits per heavy atom. The second-order valence-corrected chi connectivity index (χ2v) is 11.6. The van der Waals surface area contributed by atoms with Crippen LogP contribution in [-0.2, 0) is 10.3 Å². The lowest BCUT2D eigenvalue weighted by atomic mass is 9.80. The average molecular weight is 559 g/mol. The largest absolute Gasteiger partial charge is 0.381 e. The number of nitrogens with two attached hydrogens (primary N) is 1. The van der Waals surface area contributed by atoms with Crippen LogP contribution in [0.3, 0.4) is 0 Å². The molecular weight excluding hydrogens is 518 g/mol. The highest BCUT2D eigenvalue weighted by Gasteiger charge is 2.47. The SMILES string of the molecule is Nc1nn2c(c1C(=O)Nc1cncc(F)c1N1CCN3CCOC[C@@H]3C1)NCC(F)C21CCCCCCCCC1. The first-order valence-corrected chi connectivity index (χ1v) is 14.8. The maximum atomic E-state index is 15.7. The van der Waals surface area contributed by atoms with E-state index in [2.05, 4.69) is 25.6 Å². The van der Waals surface area contributed by atoms with Gasteiger partial charge >= 0.3 is 0 Å². The van der Waals surface area contributed by atoms with Crippen LogP contribution >= 0.6 is 0 Å². The number of fused-ring (bicyclic) bond motifs is 3. The number of nitrogens with one attached hydrogen (secondary N) is 2. The summed E-state index contributed by atoms with van der Waals surface area (Å²) in [5, 5.41) is 10.5. The minimum absolute atomic E-state index is 0.0319. The lowest BCUT2D eigenvalue weighted by Gasteiger charge is -2.44. The molecular formula is C28H40F2N8O2. The Labute approximate surface area is 233 Å². The fourth-order valence-corrected chi connectivity index (χ4v) is 7.02. The minimum Gasteiger partial charge on any atom is -0.381 e. The van der Waals surface area contributed by atoms with E-state index in [1.54, 1.807) is 4.68 Å². The molecule has 4 aliphatic rings. The van der Waals surface area contributed by atoms with Crippen LogP contribution in [0.25, 0.3) is 0 Å². The highest BCUT2D eigenvalue weighted by Crippen LogP contribution is 2.43. The van der Waals surface area contributed by atoms with Gasteiger partial charge in [0.25, 0.3) is 5.91 Å². The van der Waals surface area contributed by atoms with Crippen molar-refractivity contribution in [2.75, 3.05) is 67.2 Å². The summed E-state index contributed by atoms with van der Waals surface area (Å²) in [5.74, 6) is -0.567. The first-order chi connectivity index (χ1) is 19.5. The number of hydrogen-bond donors (Lipinski definition) is 3. The molecule has 1 spiro atoms. The van der Waals surface area contributed by atoms with Crippen LogP contribution in [0.4, 0.5) is 31.8 Å². The van der Waals surface area contributed by atoms with Crippen molar-refractivity contribution < 1.29 is 18.3 Å². The van der Waals surface area contributed by atoms with Gasteiger partial charge in [0.2, 0.25) is 0 Å². The Hall–Kier alpha value is -2.99. The van der Waals surface area contributed by atoms with Gasteiger partial charge in [-0.2, -0.15) is 5.10 Å². The standard InChI is InChI=1S/C28H40F2N8O2/c29-20-14-32-15-21(24(20)37-11-10-36-12-13-40-18-19(36)17-37)34-27(39)23-25(31)35-38-26(23)33-16-22(30)28(38)8-6-4-2-1-3-5-7-9-28/h14-15,19,22,33H,1-13,16-18H2,(H2,31,35)(H,34,39)/t19-,22?/m0/s1. The van der Waals surface area contributed by atoms with E-state index in [4.69, 9.17) is 10.5 Å². The molecule has 1 unspecified atom stereocenters. The first kappa shape index (κ1) is 27.2. The second kappa shape index (κ2) is 11.5. The summed E-state index contributed by atoms with van der Waals surface area (Å²) < 4.78 is 38.3. The summed E-state index contributed by atoms with van der Waals surface area (Å²) in [4.78, 5) is 22.1. The maximum absolute atomic E-state index is 15.7. The molecule has 3 fully saturated rings. The smallest absolute Gasteiger partial charge is 0.263 e. The molecule has 0 aromatic carbocycles. The Balaban J connectivity index is 1.28. The van der Waals surface area contributed by atoms with Gasteiger partial charge in [-0.05, 0) is 12.8 Å². The van der Waals surface area contributed by atoms with Gasteiger partial charge in [-0.15, -0.1) is 0 Å². The molecule has 4 N–H and O–H groups in total. The second-order valence-electron chi connectivity index (χ2n) is 11.6. The van der Waals surface area contributed by atoms with Crippen molar-refractivity contribution in [3.63, 3.8) is 0 Å². The number of rotatable bonds is 3. The van der Waals surface area contributed by atoms with Crippen LogP contribution in [0.5, 0.6) is 0 Å². The zero-order valence-electron chi connectivity index (χ0n) is 23.0. The van der Waals surface area contributed by atoms with Crippen molar-refractivity contribution in [1.29, 1.82) is 0 Å². The number of halogens is 2. The Morgan fingerprint density at radius 2 is 1.85 bits per heavy atom. The van der Waals surface area contributed by atoms with Crippen LogP contribution in [0.2, 0.25) is 0 Å². The summed E-state index contributed by atoms with van der Waals surface area (Å²) >= 11 is 0. The molecule has 3 aliphatic heterocycles. The highest BCUT2D eigenvalue weighted by molar-refractivity contribution is 6.12. The van der Waals surface area contributed by atoms with Crippen molar-refractivity contribution in [3.05, 3.63) is 23.8 Å². The van der Waals surface area contributed by atoms with Crippen LogP contribution < -0.4 is 21.3 Å². The van der Waals surface area contributed by atoms with Crippen molar-refractivity contribution in [3.8, 4) is 0 Å². The number of aromatic nitrogens is 3. The van der Waals surface area contributed by atoms with E-state index in [0.717, 1.165) is 57.8 Å². The van der Waals surface area contributed by atoms with Crippen molar-refractivity contribution in [2.45, 2.75) is 75.5 Å². The Morgan fingerprint density at radius 1 is 1.10 bits per heavy atom. The van der Waals surface area contributed by atoms with E-state index in [9.17, 15) is 4.79 Å². The quantitative estimate of drug-likeness (QED) is 0.522. The third-order valence-corrected chi connectivity index (χ3v) is 9.19. The summed E-state index contributed by atoms with van der Waals surface area (Å²) in [6.07, 6.45) is 10.2. The minimum atomic E-state index is -1.14. The Bertz CT molecular complexity index is 1210. The molecule has 2 aromatic heterocycles. The van der Waals surface area contributed by atoms with E-state index in [1.807, 2.05) is 4.90 Å². The fraction of sp³-hybridized carbons (Fsp3) is 0.679. The van der Waals surface area contributed by atoms with Gasteiger partial charge < -0.3 is 26.0 Å². The van der Waals surface area contributed by atoms with E-state index in [-0.39, 0.29) is 29.7 Å². The number of anilines is 4. The molecule has 40 heavy (non-hydrogen) atoms. The molecule has 2 atom stereocenters. The summed E-state index contributed by atoms with van der Waals surface area (Å²) in [6, 6.07) is 0.156. The number of hydrogen-bond acceptors (Lipinski definition) is 8. The van der Waals surface area contributed by atoms with E-state index >= 15 is 8.78 Å². The average Bonchev–Trinajstić information content (AvgIpc) is 3.31. The van der Waals surface area contributed by atoms with Crippen molar-refractivity contribution in [2.24, 2.45) is 0 Å². The van der Waals surface area contributed by atoms with Crippen molar-refractivity contribution in [1.82, 2.24) is 19.7 Å². The first-order valence-electron chi connectivity index (χ1n) is 14.8. The van der Waals surface area contributed by atoms with E-state index in [1.165, 1.54) is 12.6 Å². The van der Waals surface area contributed by atoms with Gasteiger partial charge in [0.05, 0.1) is 42.9 Å². The number of carbonyl (C=O) groups excluding carboxylic acids is 1. The normalized spacial score (nSPS) is 25.5. The number of amides is 1. The van der Waals surface area contributed by atoms with E-state index < -0.39 is 23.4 Å². The van der Waals surface area contributed by atoms with Gasteiger partial charge in [0.1, 0.15) is 23.2 Å². The predicted molar refractivity (Wildman–Crippen MR) is 150 cm³/mol. The van der Waals surface area contributed by atoms with Gasteiger partial charge in [-0.3, -0.25) is 14.7 Å². The lowest BCUT2D eigenvalue weighted by molar-refractivity contribution is -0.0117. The van der Waals surface area contributed by atoms with Crippen LogP contribution in [0.15, 0.2) is 12.4 Å². The molecule has 1 amide bonds. The molecule has 12 heteroatoms. The summed E-state index contributed by atoms with van der Waals surface area (Å²) in [5.41, 5.74) is 6.23. The molecule has 5 heterocycles. The summed E-state index contributed by atoms with van der Waals surface area (Å²) in [7, 11) is 0. The number of carbonyl (C=O) groups is 1. The predicted octanol–water partition coefficient (Wildman–Crippen LogP) is 3.76. The summed E-state index contributed by atoms with van der Waals surface area (Å²) in [6.45, 7) is 4.23. The van der Waals surface area contributed by atoms with Crippen LogP contribution in [0.1, 0.15) is 68.1 Å². The number of nitrogens with zero attached hydrogens (tertiary/aromatic N) is 5. The van der Waals surface area contributed by atoms with Crippen LogP contribution in [-0.4, -0.2) is 83.7 Å². The molecule has 0 radical (unpaired) electrons. The lowest BCUT2D eigenvalue weighted by Crippen LogP contribution is -2.58. The van der Waals surface area contributed by atoms with E-state index in [0.29, 0.717) is 50.7 Å². The fourth-order valence-electron chi connectivity index (χ4n) is 7.02. The van der Waals surface area contributed by atoms with Gasteiger partial charge in [-0.1, -0.05) is 44.9 Å². The van der Waals surface area contributed by atoms with Crippen LogP contribution in [0, 0.1) is 5.82 Å². The molecule has 10 nitrogen and oxygen atoms in total. The number of alkyl halides is 1. The molecule has 0 bridgehead atoms. The zero-order valence-corrected chi connectivity index (χ0v) is 23.0. The Kier molecular flexibility index (Phi) is 7.80. The molecule has 6 rings (SSSR count). The maximum Gasteiger partial charge on any atom is 0.263 e. The number of piperazine rings is 1. The number of ether oxygens (including phenoxy) is 1. The molecule has 2 saturated heterocycles. The van der Waals surface area contributed by atoms with Gasteiger partial charge in [-0.25, -0.2) is 13.5 Å². The molecule has 1 aliphatic carbocycles. The topological polar surface area (TPSA) is 114 Å².